The second-order valence-corrected chi connectivity index (χ2v) is 3.34. The van der Waals surface area contributed by atoms with Crippen LogP contribution in [0.25, 0.3) is 0 Å². The first-order valence-corrected chi connectivity index (χ1v) is 3.91. The molecule has 0 atom stereocenters. The molecule has 0 aromatic carbocycles. The highest BCUT2D eigenvalue weighted by atomic mass is 32.1. The van der Waals surface area contributed by atoms with Crippen molar-refractivity contribution in [1.29, 1.82) is 0 Å². The number of hydrogen-bond acceptors (Lipinski definition) is 3. The van der Waals surface area contributed by atoms with Crippen molar-refractivity contribution in [3.8, 4) is 5.19 Å². The third kappa shape index (κ3) is 3.08. The van der Waals surface area contributed by atoms with Crippen molar-refractivity contribution < 1.29 is 17.9 Å². The van der Waals surface area contributed by atoms with Crippen molar-refractivity contribution in [2.75, 3.05) is 6.61 Å². The molecular formula is C6H6F3NOS. The van der Waals surface area contributed by atoms with Gasteiger partial charge in [-0.1, -0.05) is 11.3 Å². The van der Waals surface area contributed by atoms with Crippen LogP contribution in [0.3, 0.4) is 0 Å². The van der Waals surface area contributed by atoms with E-state index in [4.69, 9.17) is 0 Å². The molecule has 1 heterocycles. The summed E-state index contributed by atoms with van der Waals surface area (Å²) in [6, 6.07) is 0. The Labute approximate surface area is 71.0 Å². The number of thiazole rings is 1. The number of alkyl halides is 3. The lowest BCUT2D eigenvalue weighted by Crippen LogP contribution is -2.19. The lowest BCUT2D eigenvalue weighted by Gasteiger charge is -2.04. The molecule has 6 heteroatoms. The maximum Gasteiger partial charge on any atom is 0.422 e. The zero-order valence-corrected chi connectivity index (χ0v) is 7.00. The molecule has 0 aliphatic heterocycles. The van der Waals surface area contributed by atoms with Crippen molar-refractivity contribution in [2.45, 2.75) is 13.1 Å². The number of aryl methyl sites for hydroxylation is 1. The van der Waals surface area contributed by atoms with E-state index >= 15 is 0 Å². The molecule has 0 aliphatic carbocycles. The van der Waals surface area contributed by atoms with Gasteiger partial charge in [-0.05, 0) is 6.92 Å². The largest absolute Gasteiger partial charge is 0.460 e. The van der Waals surface area contributed by atoms with Crippen LogP contribution in [0.4, 0.5) is 13.2 Å². The molecule has 0 N–H and O–H groups in total. The zero-order chi connectivity index (χ0) is 9.19. The van der Waals surface area contributed by atoms with Crippen molar-refractivity contribution in [1.82, 2.24) is 4.98 Å². The first-order valence-electron chi connectivity index (χ1n) is 3.09. The summed E-state index contributed by atoms with van der Waals surface area (Å²) in [6.07, 6.45) is -2.82. The van der Waals surface area contributed by atoms with E-state index in [-0.39, 0.29) is 5.19 Å². The summed E-state index contributed by atoms with van der Waals surface area (Å²) in [7, 11) is 0. The summed E-state index contributed by atoms with van der Waals surface area (Å²) in [4.78, 5) is 4.44. The average molecular weight is 197 g/mol. The Hall–Kier alpha value is -0.780. The summed E-state index contributed by atoms with van der Waals surface area (Å²) in [5.74, 6) is 0. The quantitative estimate of drug-likeness (QED) is 0.726. The number of nitrogens with zero attached hydrogens (tertiary/aromatic N) is 1. The predicted molar refractivity (Wildman–Crippen MR) is 38.4 cm³/mol. The Morgan fingerprint density at radius 3 is 2.67 bits per heavy atom. The summed E-state index contributed by atoms with van der Waals surface area (Å²) in [6.45, 7) is 0.470. The fourth-order valence-electron chi connectivity index (χ4n) is 0.544. The Bertz CT molecular complexity index is 258. The minimum Gasteiger partial charge on any atom is -0.460 e. The highest BCUT2D eigenvalue weighted by Gasteiger charge is 2.28. The number of rotatable bonds is 2. The van der Waals surface area contributed by atoms with Gasteiger partial charge in [-0.25, -0.2) is 4.98 Å². The number of aromatic nitrogens is 1. The van der Waals surface area contributed by atoms with Crippen LogP contribution in [0.5, 0.6) is 5.19 Å². The van der Waals surface area contributed by atoms with Crippen LogP contribution in [0.1, 0.15) is 4.88 Å². The van der Waals surface area contributed by atoms with Gasteiger partial charge in [0.05, 0.1) is 0 Å². The first kappa shape index (κ1) is 9.31. The van der Waals surface area contributed by atoms with Crippen molar-refractivity contribution in [2.24, 2.45) is 0 Å². The molecule has 0 saturated heterocycles. The van der Waals surface area contributed by atoms with Gasteiger partial charge in [0.25, 0.3) is 5.19 Å². The topological polar surface area (TPSA) is 22.1 Å². The normalized spacial score (nSPS) is 11.7. The summed E-state index contributed by atoms with van der Waals surface area (Å²) < 4.78 is 39.2. The van der Waals surface area contributed by atoms with E-state index in [2.05, 4.69) is 9.72 Å². The van der Waals surface area contributed by atoms with E-state index in [1.165, 1.54) is 6.20 Å². The number of halogens is 3. The summed E-state index contributed by atoms with van der Waals surface area (Å²) >= 11 is 1.10. The number of ether oxygens (including phenoxy) is 1. The van der Waals surface area contributed by atoms with Crippen LogP contribution in [0.2, 0.25) is 0 Å². The Morgan fingerprint density at radius 1 is 1.58 bits per heavy atom. The lowest BCUT2D eigenvalue weighted by molar-refractivity contribution is -0.153. The Morgan fingerprint density at radius 2 is 2.25 bits per heavy atom. The van der Waals surface area contributed by atoms with Crippen LogP contribution in [0.15, 0.2) is 6.20 Å². The lowest BCUT2D eigenvalue weighted by atomic mass is 10.7. The van der Waals surface area contributed by atoms with Gasteiger partial charge in [0.1, 0.15) is 0 Å². The number of hydrogen-bond donors (Lipinski definition) is 0. The van der Waals surface area contributed by atoms with E-state index < -0.39 is 12.8 Å². The molecule has 1 rings (SSSR count). The van der Waals surface area contributed by atoms with E-state index in [0.717, 1.165) is 16.2 Å². The molecule has 0 saturated carbocycles. The van der Waals surface area contributed by atoms with E-state index in [9.17, 15) is 13.2 Å². The molecule has 0 fully saturated rings. The van der Waals surface area contributed by atoms with Crippen LogP contribution < -0.4 is 4.74 Å². The third-order valence-corrected chi connectivity index (χ3v) is 1.78. The van der Waals surface area contributed by atoms with Crippen molar-refractivity contribution in [3.63, 3.8) is 0 Å². The van der Waals surface area contributed by atoms with Gasteiger partial charge >= 0.3 is 6.18 Å². The SMILES string of the molecule is Cc1cnc(OCC(F)(F)F)s1. The van der Waals surface area contributed by atoms with Gasteiger partial charge in [-0.15, -0.1) is 0 Å². The molecule has 68 valence electrons. The average Bonchev–Trinajstić information content (AvgIpc) is 2.30. The minimum atomic E-state index is -4.29. The fraction of sp³-hybridized carbons (Fsp3) is 0.500. The van der Waals surface area contributed by atoms with Gasteiger partial charge in [-0.3, -0.25) is 0 Å². The van der Waals surface area contributed by atoms with Crippen LogP contribution in [-0.2, 0) is 0 Å². The zero-order valence-electron chi connectivity index (χ0n) is 6.18. The highest BCUT2D eigenvalue weighted by Crippen LogP contribution is 2.22. The second kappa shape index (κ2) is 3.30. The monoisotopic (exact) mass is 197 g/mol. The Balaban J connectivity index is 2.44. The molecular weight excluding hydrogens is 191 g/mol. The third-order valence-electron chi connectivity index (χ3n) is 0.959. The molecule has 0 radical (unpaired) electrons. The summed E-state index contributed by atoms with van der Waals surface area (Å²) in [5.41, 5.74) is 0. The Kier molecular flexibility index (Phi) is 2.56. The minimum absolute atomic E-state index is 0.0600. The van der Waals surface area contributed by atoms with Crippen LogP contribution in [-0.4, -0.2) is 17.8 Å². The highest BCUT2D eigenvalue weighted by molar-refractivity contribution is 7.13. The van der Waals surface area contributed by atoms with Crippen molar-refractivity contribution in [3.05, 3.63) is 11.1 Å². The van der Waals surface area contributed by atoms with E-state index in [1.807, 2.05) is 0 Å². The first-order chi connectivity index (χ1) is 5.47. The smallest absolute Gasteiger partial charge is 0.422 e. The molecule has 1 aromatic rings. The fourth-order valence-corrected chi connectivity index (χ4v) is 1.15. The maximum absolute atomic E-state index is 11.6. The van der Waals surface area contributed by atoms with Crippen LogP contribution >= 0.6 is 11.3 Å². The molecule has 0 spiro atoms. The molecule has 0 amide bonds. The van der Waals surface area contributed by atoms with E-state index in [1.54, 1.807) is 6.92 Å². The van der Waals surface area contributed by atoms with Crippen LogP contribution in [0, 0.1) is 6.92 Å². The van der Waals surface area contributed by atoms with Gasteiger partial charge in [0, 0.05) is 11.1 Å². The van der Waals surface area contributed by atoms with E-state index in [0.29, 0.717) is 0 Å². The molecule has 0 bridgehead atoms. The van der Waals surface area contributed by atoms with Gasteiger partial charge < -0.3 is 4.74 Å². The van der Waals surface area contributed by atoms with Gasteiger partial charge in [-0.2, -0.15) is 13.2 Å². The molecule has 1 aromatic heterocycles. The standard InChI is InChI=1S/C6H6F3NOS/c1-4-2-10-5(12-4)11-3-6(7,8)9/h2H,3H2,1H3. The van der Waals surface area contributed by atoms with Gasteiger partial charge in [0.2, 0.25) is 0 Å². The molecule has 0 aliphatic rings. The van der Waals surface area contributed by atoms with Crippen molar-refractivity contribution >= 4 is 11.3 Å². The molecule has 12 heavy (non-hydrogen) atoms. The summed E-state index contributed by atoms with van der Waals surface area (Å²) in [5, 5.41) is 0.0600. The predicted octanol–water partition coefficient (Wildman–Crippen LogP) is 2.39. The molecule has 2 nitrogen and oxygen atoms in total. The second-order valence-electron chi connectivity index (χ2n) is 2.14. The maximum atomic E-state index is 11.6. The van der Waals surface area contributed by atoms with Gasteiger partial charge in [0.15, 0.2) is 6.61 Å². The molecule has 0 unspecified atom stereocenters.